The maximum Gasteiger partial charge on any atom is 0.0508 e. The van der Waals surface area contributed by atoms with E-state index in [2.05, 4.69) is 44.1 Å². The maximum atomic E-state index is 5.83. The molecule has 18 heavy (non-hydrogen) atoms. The van der Waals surface area contributed by atoms with Crippen molar-refractivity contribution in [1.82, 2.24) is 10.3 Å². The molecule has 0 aromatic carbocycles. The third kappa shape index (κ3) is 2.16. The second kappa shape index (κ2) is 5.21. The summed E-state index contributed by atoms with van der Waals surface area (Å²) in [4.78, 5) is 2.58. The highest BCUT2D eigenvalue weighted by atomic mass is 79.9. The predicted molar refractivity (Wildman–Crippen MR) is 79.4 cm³/mol. The second-order valence-electron chi connectivity index (χ2n) is 5.60. The Balaban J connectivity index is 1.80. The van der Waals surface area contributed by atoms with Crippen molar-refractivity contribution in [2.45, 2.75) is 43.8 Å². The summed E-state index contributed by atoms with van der Waals surface area (Å²) in [5.74, 6) is 6.49. The molecule has 3 heterocycles. The number of piperidine rings is 1. The van der Waals surface area contributed by atoms with Crippen LogP contribution >= 0.6 is 27.3 Å². The minimum absolute atomic E-state index is 0.294. The standard InChI is InChI=1S/C13H20BrN3S/c1-17-9-2-3-10(17)5-8(4-9)13(16-15)11-6-18-7-12(11)14/h6-10,13,16H,2-5,15H2,1H3. The Labute approximate surface area is 121 Å². The number of rotatable bonds is 3. The molecular weight excluding hydrogens is 310 g/mol. The van der Waals surface area contributed by atoms with Crippen LogP contribution in [0.25, 0.3) is 0 Å². The molecule has 0 spiro atoms. The molecule has 0 amide bonds. The van der Waals surface area contributed by atoms with Gasteiger partial charge in [-0.1, -0.05) is 0 Å². The third-order valence-electron chi connectivity index (χ3n) is 4.76. The largest absolute Gasteiger partial charge is 0.300 e. The van der Waals surface area contributed by atoms with E-state index in [0.717, 1.165) is 12.1 Å². The minimum atomic E-state index is 0.294. The first-order chi connectivity index (χ1) is 8.70. The van der Waals surface area contributed by atoms with Crippen LogP contribution in [-0.4, -0.2) is 24.0 Å². The van der Waals surface area contributed by atoms with E-state index in [-0.39, 0.29) is 0 Å². The highest BCUT2D eigenvalue weighted by Crippen LogP contribution is 2.43. The van der Waals surface area contributed by atoms with E-state index >= 15 is 0 Å². The molecular formula is C13H20BrN3S. The Morgan fingerprint density at radius 2 is 2.06 bits per heavy atom. The van der Waals surface area contributed by atoms with Crippen molar-refractivity contribution in [3.8, 4) is 0 Å². The van der Waals surface area contributed by atoms with Crippen LogP contribution in [0, 0.1) is 5.92 Å². The minimum Gasteiger partial charge on any atom is -0.300 e. The molecule has 5 heteroatoms. The molecule has 3 N–H and O–H groups in total. The van der Waals surface area contributed by atoms with Crippen LogP contribution in [0.1, 0.15) is 37.3 Å². The Hall–Kier alpha value is 0.0600. The molecule has 3 rings (SSSR count). The zero-order valence-electron chi connectivity index (χ0n) is 10.6. The van der Waals surface area contributed by atoms with Crippen molar-refractivity contribution in [1.29, 1.82) is 0 Å². The monoisotopic (exact) mass is 329 g/mol. The number of nitrogens with one attached hydrogen (secondary N) is 1. The molecule has 0 saturated carbocycles. The van der Waals surface area contributed by atoms with E-state index in [1.807, 2.05) is 0 Å². The van der Waals surface area contributed by atoms with Gasteiger partial charge in [-0.15, -0.1) is 0 Å². The maximum absolute atomic E-state index is 5.83. The van der Waals surface area contributed by atoms with Gasteiger partial charge in [-0.25, -0.2) is 0 Å². The number of halogens is 1. The first-order valence-corrected chi connectivity index (χ1v) is 8.34. The lowest BCUT2D eigenvalue weighted by atomic mass is 9.83. The van der Waals surface area contributed by atoms with Gasteiger partial charge in [-0.2, -0.15) is 11.3 Å². The number of hydrazine groups is 1. The molecule has 3 atom stereocenters. The van der Waals surface area contributed by atoms with Gasteiger partial charge >= 0.3 is 0 Å². The van der Waals surface area contributed by atoms with Crippen molar-refractivity contribution in [2.75, 3.05) is 7.05 Å². The lowest BCUT2D eigenvalue weighted by Gasteiger charge is -2.39. The number of hydrogen-bond donors (Lipinski definition) is 2. The summed E-state index contributed by atoms with van der Waals surface area (Å²) in [5, 5.41) is 4.36. The highest BCUT2D eigenvalue weighted by molar-refractivity contribution is 9.10. The molecule has 3 unspecified atom stereocenters. The zero-order valence-corrected chi connectivity index (χ0v) is 13.0. The number of nitrogens with zero attached hydrogens (tertiary/aromatic N) is 1. The molecule has 0 radical (unpaired) electrons. The lowest BCUT2D eigenvalue weighted by molar-refractivity contribution is 0.112. The topological polar surface area (TPSA) is 41.3 Å². The van der Waals surface area contributed by atoms with Gasteiger partial charge in [-0.3, -0.25) is 11.3 Å². The van der Waals surface area contributed by atoms with E-state index in [1.165, 1.54) is 35.7 Å². The fraction of sp³-hybridized carbons (Fsp3) is 0.692. The summed E-state index contributed by atoms with van der Waals surface area (Å²) in [6.45, 7) is 0. The predicted octanol–water partition coefficient (Wildman–Crippen LogP) is 2.89. The van der Waals surface area contributed by atoms with Crippen LogP contribution in [0.4, 0.5) is 0 Å². The summed E-state index contributed by atoms with van der Waals surface area (Å²) in [7, 11) is 2.28. The SMILES string of the molecule is CN1C2CCC1CC(C(NN)c1cscc1Br)C2. The molecule has 100 valence electrons. The summed E-state index contributed by atoms with van der Waals surface area (Å²) in [6, 6.07) is 1.83. The molecule has 0 aliphatic carbocycles. The van der Waals surface area contributed by atoms with Crippen molar-refractivity contribution in [3.05, 3.63) is 20.8 Å². The van der Waals surface area contributed by atoms with Gasteiger partial charge in [0.25, 0.3) is 0 Å². The van der Waals surface area contributed by atoms with Gasteiger partial charge in [0.05, 0.1) is 6.04 Å². The van der Waals surface area contributed by atoms with Crippen molar-refractivity contribution < 1.29 is 0 Å². The van der Waals surface area contributed by atoms with Crippen molar-refractivity contribution in [3.63, 3.8) is 0 Å². The van der Waals surface area contributed by atoms with Gasteiger partial charge in [0, 0.05) is 21.9 Å². The van der Waals surface area contributed by atoms with Gasteiger partial charge in [0.15, 0.2) is 0 Å². The molecule has 2 aliphatic rings. The fourth-order valence-corrected chi connectivity index (χ4v) is 5.30. The Kier molecular flexibility index (Phi) is 3.78. The van der Waals surface area contributed by atoms with Crippen molar-refractivity contribution >= 4 is 27.3 Å². The second-order valence-corrected chi connectivity index (χ2v) is 7.20. The van der Waals surface area contributed by atoms with E-state index in [1.54, 1.807) is 11.3 Å². The smallest absolute Gasteiger partial charge is 0.0508 e. The van der Waals surface area contributed by atoms with Crippen LogP contribution in [0.2, 0.25) is 0 Å². The lowest BCUT2D eigenvalue weighted by Crippen LogP contribution is -2.45. The molecule has 1 aromatic heterocycles. The number of nitrogens with two attached hydrogens (primary N) is 1. The summed E-state index contributed by atoms with van der Waals surface area (Å²) in [6.07, 6.45) is 5.26. The molecule has 1 aromatic rings. The average molecular weight is 330 g/mol. The van der Waals surface area contributed by atoms with E-state index in [4.69, 9.17) is 5.84 Å². The normalized spacial score (nSPS) is 33.8. The quantitative estimate of drug-likeness (QED) is 0.661. The summed E-state index contributed by atoms with van der Waals surface area (Å²) < 4.78 is 1.20. The van der Waals surface area contributed by atoms with Gasteiger partial charge < -0.3 is 4.90 Å². The van der Waals surface area contributed by atoms with Crippen molar-refractivity contribution in [2.24, 2.45) is 11.8 Å². The number of thiophene rings is 1. The molecule has 2 bridgehead atoms. The molecule has 3 nitrogen and oxygen atoms in total. The average Bonchev–Trinajstić information content (AvgIpc) is 2.84. The fourth-order valence-electron chi connectivity index (χ4n) is 3.72. The molecule has 2 fully saturated rings. The Morgan fingerprint density at radius 3 is 2.56 bits per heavy atom. The van der Waals surface area contributed by atoms with E-state index in [9.17, 15) is 0 Å². The Morgan fingerprint density at radius 1 is 1.39 bits per heavy atom. The third-order valence-corrected chi connectivity index (χ3v) is 6.51. The highest BCUT2D eigenvalue weighted by Gasteiger charge is 2.41. The first-order valence-electron chi connectivity index (χ1n) is 6.60. The zero-order chi connectivity index (χ0) is 12.7. The van der Waals surface area contributed by atoms with Crippen LogP contribution in [0.15, 0.2) is 15.2 Å². The van der Waals surface area contributed by atoms with Crippen LogP contribution in [0.3, 0.4) is 0 Å². The summed E-state index contributed by atoms with van der Waals surface area (Å²) >= 11 is 5.38. The Bertz CT molecular complexity index is 408. The number of fused-ring (bicyclic) bond motifs is 2. The van der Waals surface area contributed by atoms with Gasteiger partial charge in [-0.05, 0) is 65.5 Å². The number of hydrogen-bond acceptors (Lipinski definition) is 4. The van der Waals surface area contributed by atoms with Gasteiger partial charge in [0.2, 0.25) is 0 Å². The van der Waals surface area contributed by atoms with Gasteiger partial charge in [0.1, 0.15) is 0 Å². The van der Waals surface area contributed by atoms with Crippen LogP contribution in [-0.2, 0) is 0 Å². The van der Waals surface area contributed by atoms with E-state index < -0.39 is 0 Å². The summed E-state index contributed by atoms with van der Waals surface area (Å²) in [5.41, 5.74) is 4.39. The van der Waals surface area contributed by atoms with Crippen LogP contribution in [0.5, 0.6) is 0 Å². The first kappa shape index (κ1) is 13.1. The van der Waals surface area contributed by atoms with E-state index in [0.29, 0.717) is 12.0 Å². The molecule has 2 aliphatic heterocycles. The van der Waals surface area contributed by atoms with Crippen LogP contribution < -0.4 is 11.3 Å². The molecule has 2 saturated heterocycles.